The molecule has 2 aromatic rings. The van der Waals surface area contributed by atoms with Crippen LogP contribution in [0.4, 0.5) is 0 Å². The van der Waals surface area contributed by atoms with Crippen molar-refractivity contribution in [2.45, 2.75) is 43.0 Å². The third-order valence-electron chi connectivity index (χ3n) is 4.04. The number of ether oxygens (including phenoxy) is 1. The SMILES string of the molecule is O=S(=O)(NC1CCCCC1)c1ccc(Oc2ccccc2)cc1. The number of benzene rings is 2. The molecular weight excluding hydrogens is 310 g/mol. The van der Waals surface area contributed by atoms with Crippen molar-refractivity contribution in [3.8, 4) is 11.5 Å². The van der Waals surface area contributed by atoms with Crippen molar-refractivity contribution in [3.63, 3.8) is 0 Å². The number of hydrogen-bond acceptors (Lipinski definition) is 3. The van der Waals surface area contributed by atoms with Crippen LogP contribution in [0.2, 0.25) is 0 Å². The molecule has 0 spiro atoms. The van der Waals surface area contributed by atoms with Crippen molar-refractivity contribution in [3.05, 3.63) is 54.6 Å². The van der Waals surface area contributed by atoms with Crippen molar-refractivity contribution >= 4 is 10.0 Å². The van der Waals surface area contributed by atoms with Gasteiger partial charge in [0, 0.05) is 6.04 Å². The minimum absolute atomic E-state index is 0.0639. The van der Waals surface area contributed by atoms with E-state index in [1.807, 2.05) is 30.3 Å². The second kappa shape index (κ2) is 7.15. The lowest BCUT2D eigenvalue weighted by atomic mass is 9.96. The summed E-state index contributed by atoms with van der Waals surface area (Å²) in [4.78, 5) is 0.281. The first-order valence-electron chi connectivity index (χ1n) is 7.99. The van der Waals surface area contributed by atoms with Crippen molar-refractivity contribution in [2.24, 2.45) is 0 Å². The zero-order valence-corrected chi connectivity index (χ0v) is 13.8. The second-order valence-corrected chi connectivity index (χ2v) is 7.56. The Morgan fingerprint density at radius 3 is 2.09 bits per heavy atom. The Bertz CT molecular complexity index is 721. The second-order valence-electron chi connectivity index (χ2n) is 5.84. The van der Waals surface area contributed by atoms with Crippen LogP contribution in [0, 0.1) is 0 Å². The molecule has 1 N–H and O–H groups in total. The van der Waals surface area contributed by atoms with E-state index in [1.54, 1.807) is 24.3 Å². The third kappa shape index (κ3) is 4.33. The summed E-state index contributed by atoms with van der Waals surface area (Å²) in [7, 11) is -3.46. The summed E-state index contributed by atoms with van der Waals surface area (Å²) < 4.78 is 33.3. The van der Waals surface area contributed by atoms with Crippen LogP contribution in [0.1, 0.15) is 32.1 Å². The molecule has 1 saturated carbocycles. The van der Waals surface area contributed by atoms with E-state index in [1.165, 1.54) is 6.42 Å². The van der Waals surface area contributed by atoms with E-state index < -0.39 is 10.0 Å². The van der Waals surface area contributed by atoms with Gasteiger partial charge in [0.2, 0.25) is 10.0 Å². The molecule has 5 heteroatoms. The summed E-state index contributed by atoms with van der Waals surface area (Å²) >= 11 is 0. The zero-order valence-electron chi connectivity index (χ0n) is 12.9. The average molecular weight is 331 g/mol. The van der Waals surface area contributed by atoms with Crippen molar-refractivity contribution in [2.75, 3.05) is 0 Å². The molecular formula is C18H21NO3S. The molecule has 0 aliphatic heterocycles. The van der Waals surface area contributed by atoms with Gasteiger partial charge in [-0.15, -0.1) is 0 Å². The van der Waals surface area contributed by atoms with Crippen LogP contribution < -0.4 is 9.46 Å². The molecule has 0 amide bonds. The molecule has 1 fully saturated rings. The summed E-state index contributed by atoms with van der Waals surface area (Å²) in [6.45, 7) is 0. The van der Waals surface area contributed by atoms with Crippen LogP contribution in [-0.4, -0.2) is 14.5 Å². The summed E-state index contributed by atoms with van der Waals surface area (Å²) in [6.07, 6.45) is 5.24. The van der Waals surface area contributed by atoms with E-state index in [0.717, 1.165) is 31.4 Å². The largest absolute Gasteiger partial charge is 0.457 e. The quantitative estimate of drug-likeness (QED) is 0.898. The summed E-state index contributed by atoms with van der Waals surface area (Å²) in [6, 6.07) is 16.0. The standard InChI is InChI=1S/C18H21NO3S/c20-23(21,19-15-7-3-1-4-8-15)18-13-11-17(12-14-18)22-16-9-5-2-6-10-16/h2,5-6,9-15,19H,1,3-4,7-8H2. The lowest BCUT2D eigenvalue weighted by Crippen LogP contribution is -2.36. The van der Waals surface area contributed by atoms with Gasteiger partial charge in [-0.2, -0.15) is 0 Å². The van der Waals surface area contributed by atoms with E-state index in [9.17, 15) is 8.42 Å². The number of nitrogens with one attached hydrogen (secondary N) is 1. The third-order valence-corrected chi connectivity index (χ3v) is 5.58. The minimum Gasteiger partial charge on any atom is -0.457 e. The van der Waals surface area contributed by atoms with Gasteiger partial charge in [0.15, 0.2) is 0 Å². The van der Waals surface area contributed by atoms with Crippen LogP contribution in [0.5, 0.6) is 11.5 Å². The average Bonchev–Trinajstić information content (AvgIpc) is 2.57. The molecule has 4 nitrogen and oxygen atoms in total. The van der Waals surface area contributed by atoms with Crippen LogP contribution in [0.25, 0.3) is 0 Å². The minimum atomic E-state index is -3.46. The fourth-order valence-corrected chi connectivity index (χ4v) is 4.12. The van der Waals surface area contributed by atoms with E-state index in [-0.39, 0.29) is 10.9 Å². The van der Waals surface area contributed by atoms with Gasteiger partial charge >= 0.3 is 0 Å². The maximum absolute atomic E-state index is 12.4. The lowest BCUT2D eigenvalue weighted by molar-refractivity contribution is 0.412. The van der Waals surface area contributed by atoms with Gasteiger partial charge in [-0.25, -0.2) is 13.1 Å². The number of hydrogen-bond donors (Lipinski definition) is 1. The summed E-state index contributed by atoms with van der Waals surface area (Å²) in [5, 5.41) is 0. The zero-order chi connectivity index (χ0) is 16.1. The Labute approximate surface area is 137 Å². The molecule has 0 aromatic heterocycles. The maximum Gasteiger partial charge on any atom is 0.240 e. The smallest absolute Gasteiger partial charge is 0.240 e. The fourth-order valence-electron chi connectivity index (χ4n) is 2.82. The van der Waals surface area contributed by atoms with Gasteiger partial charge in [-0.05, 0) is 49.2 Å². The number of sulfonamides is 1. The van der Waals surface area contributed by atoms with E-state index in [4.69, 9.17) is 4.74 Å². The molecule has 0 heterocycles. The lowest BCUT2D eigenvalue weighted by Gasteiger charge is -2.22. The van der Waals surface area contributed by atoms with Crippen LogP contribution in [0.15, 0.2) is 59.5 Å². The van der Waals surface area contributed by atoms with Gasteiger partial charge < -0.3 is 4.74 Å². The molecule has 0 unspecified atom stereocenters. The molecule has 3 rings (SSSR count). The molecule has 1 aliphatic rings. The molecule has 2 aromatic carbocycles. The van der Waals surface area contributed by atoms with Gasteiger partial charge in [-0.1, -0.05) is 37.5 Å². The van der Waals surface area contributed by atoms with E-state index >= 15 is 0 Å². The maximum atomic E-state index is 12.4. The monoisotopic (exact) mass is 331 g/mol. The van der Waals surface area contributed by atoms with Gasteiger partial charge in [0.1, 0.15) is 11.5 Å². The topological polar surface area (TPSA) is 55.4 Å². The Morgan fingerprint density at radius 2 is 1.43 bits per heavy atom. The Hall–Kier alpha value is -1.85. The molecule has 0 atom stereocenters. The van der Waals surface area contributed by atoms with Crippen LogP contribution in [-0.2, 0) is 10.0 Å². The first-order valence-corrected chi connectivity index (χ1v) is 9.47. The highest BCUT2D eigenvalue weighted by atomic mass is 32.2. The van der Waals surface area contributed by atoms with Gasteiger partial charge in [0.25, 0.3) is 0 Å². The van der Waals surface area contributed by atoms with Crippen LogP contribution >= 0.6 is 0 Å². The van der Waals surface area contributed by atoms with Crippen molar-refractivity contribution in [1.29, 1.82) is 0 Å². The Morgan fingerprint density at radius 1 is 0.826 bits per heavy atom. The highest BCUT2D eigenvalue weighted by Gasteiger charge is 2.21. The van der Waals surface area contributed by atoms with Crippen LogP contribution in [0.3, 0.4) is 0 Å². The number of para-hydroxylation sites is 1. The molecule has 0 saturated heterocycles. The fraction of sp³-hybridized carbons (Fsp3) is 0.333. The van der Waals surface area contributed by atoms with Gasteiger partial charge in [0.05, 0.1) is 4.90 Å². The number of rotatable bonds is 5. The highest BCUT2D eigenvalue weighted by molar-refractivity contribution is 7.89. The molecule has 0 radical (unpaired) electrons. The van der Waals surface area contributed by atoms with Crippen molar-refractivity contribution in [1.82, 2.24) is 4.72 Å². The van der Waals surface area contributed by atoms with Gasteiger partial charge in [-0.3, -0.25) is 0 Å². The highest BCUT2D eigenvalue weighted by Crippen LogP contribution is 2.24. The molecule has 23 heavy (non-hydrogen) atoms. The molecule has 122 valence electrons. The normalized spacial score (nSPS) is 16.2. The predicted octanol–water partition coefficient (Wildman–Crippen LogP) is 4.09. The van der Waals surface area contributed by atoms with Crippen molar-refractivity contribution < 1.29 is 13.2 Å². The van der Waals surface area contributed by atoms with E-state index in [2.05, 4.69) is 4.72 Å². The summed E-state index contributed by atoms with van der Waals surface area (Å²) in [5.74, 6) is 1.34. The Kier molecular flexibility index (Phi) is 4.98. The van der Waals surface area contributed by atoms with E-state index in [0.29, 0.717) is 5.75 Å². The first kappa shape index (κ1) is 16.0. The summed E-state index contributed by atoms with van der Waals surface area (Å²) in [5.41, 5.74) is 0. The molecule has 1 aliphatic carbocycles. The molecule has 0 bridgehead atoms. The first-order chi connectivity index (χ1) is 11.1. The predicted molar refractivity (Wildman–Crippen MR) is 90.2 cm³/mol. The Balaban J connectivity index is 1.68.